The van der Waals surface area contributed by atoms with Gasteiger partial charge >= 0.3 is 0 Å². The van der Waals surface area contributed by atoms with Crippen molar-refractivity contribution in [3.05, 3.63) is 27.5 Å². The predicted octanol–water partition coefficient (Wildman–Crippen LogP) is 2.47. The van der Waals surface area contributed by atoms with Gasteiger partial charge in [-0.05, 0) is 28.9 Å². The number of phenols is 1. The first-order valence-corrected chi connectivity index (χ1v) is 3.95. The number of nitriles is 1. The van der Waals surface area contributed by atoms with E-state index in [1.54, 1.807) is 6.07 Å². The molecule has 0 aliphatic heterocycles. The quantitative estimate of drug-likeness (QED) is 0.743. The summed E-state index contributed by atoms with van der Waals surface area (Å²) < 4.78 is 13.1. The Kier molecular flexibility index (Phi) is 2.34. The van der Waals surface area contributed by atoms with Crippen molar-refractivity contribution in [1.29, 1.82) is 5.26 Å². The molecule has 1 aromatic rings. The minimum Gasteiger partial charge on any atom is -0.505 e. The molecule has 0 aliphatic carbocycles. The van der Waals surface area contributed by atoms with Crippen LogP contribution in [0.4, 0.5) is 4.39 Å². The number of benzene rings is 1. The highest BCUT2D eigenvalue weighted by Crippen LogP contribution is 2.31. The van der Waals surface area contributed by atoms with E-state index < -0.39 is 5.82 Å². The van der Waals surface area contributed by atoms with Crippen molar-refractivity contribution in [1.82, 2.24) is 0 Å². The van der Waals surface area contributed by atoms with Gasteiger partial charge in [0.15, 0.2) is 0 Å². The second-order valence-electron chi connectivity index (χ2n) is 2.30. The van der Waals surface area contributed by atoms with Gasteiger partial charge in [-0.1, -0.05) is 0 Å². The first kappa shape index (κ1) is 9.01. The normalized spacial score (nSPS) is 9.50. The van der Waals surface area contributed by atoms with Crippen LogP contribution in [-0.4, -0.2) is 5.11 Å². The fourth-order valence-corrected chi connectivity index (χ4v) is 1.24. The number of rotatable bonds is 0. The molecule has 0 saturated heterocycles. The van der Waals surface area contributed by atoms with Gasteiger partial charge in [-0.3, -0.25) is 0 Å². The van der Waals surface area contributed by atoms with Crippen molar-refractivity contribution in [3.63, 3.8) is 0 Å². The van der Waals surface area contributed by atoms with Gasteiger partial charge in [-0.2, -0.15) is 5.26 Å². The highest BCUT2D eigenvalue weighted by molar-refractivity contribution is 9.10. The first-order valence-electron chi connectivity index (χ1n) is 3.15. The number of hydrogen-bond donors (Lipinski definition) is 1. The fraction of sp³-hybridized carbons (Fsp3) is 0.125. The maximum absolute atomic E-state index is 12.9. The van der Waals surface area contributed by atoms with Gasteiger partial charge < -0.3 is 5.11 Å². The third-order valence-electron chi connectivity index (χ3n) is 1.56. The van der Waals surface area contributed by atoms with E-state index >= 15 is 0 Å². The smallest absolute Gasteiger partial charge is 0.147 e. The zero-order valence-corrected chi connectivity index (χ0v) is 7.81. The molecular weight excluding hydrogens is 225 g/mol. The minimum absolute atomic E-state index is 0.0260. The van der Waals surface area contributed by atoms with Crippen LogP contribution in [0.15, 0.2) is 10.5 Å². The van der Waals surface area contributed by atoms with E-state index in [1.807, 2.05) is 0 Å². The third kappa shape index (κ3) is 1.28. The molecule has 0 spiro atoms. The third-order valence-corrected chi connectivity index (χ3v) is 2.17. The number of hydrogen-bond acceptors (Lipinski definition) is 2. The Balaban J connectivity index is 3.56. The molecule has 1 rings (SSSR count). The lowest BCUT2D eigenvalue weighted by atomic mass is 10.1. The largest absolute Gasteiger partial charge is 0.505 e. The average Bonchev–Trinajstić information content (AvgIpc) is 2.02. The molecule has 0 amide bonds. The topological polar surface area (TPSA) is 44.0 Å². The molecular formula is C8H5BrFNO. The molecule has 12 heavy (non-hydrogen) atoms. The van der Waals surface area contributed by atoms with Crippen molar-refractivity contribution in [2.45, 2.75) is 6.92 Å². The van der Waals surface area contributed by atoms with Gasteiger partial charge in [0.2, 0.25) is 0 Å². The summed E-state index contributed by atoms with van der Waals surface area (Å²) in [5.74, 6) is -0.715. The summed E-state index contributed by atoms with van der Waals surface area (Å²) >= 11 is 2.93. The Labute approximate surface area is 77.4 Å². The van der Waals surface area contributed by atoms with Crippen LogP contribution in [0, 0.1) is 24.1 Å². The van der Waals surface area contributed by atoms with Crippen LogP contribution >= 0.6 is 15.9 Å². The maximum Gasteiger partial charge on any atom is 0.147 e. The van der Waals surface area contributed by atoms with Crippen molar-refractivity contribution in [3.8, 4) is 11.8 Å². The molecule has 0 aliphatic rings. The van der Waals surface area contributed by atoms with E-state index in [0.717, 1.165) is 6.07 Å². The van der Waals surface area contributed by atoms with Gasteiger partial charge in [-0.25, -0.2) is 4.39 Å². The lowest BCUT2D eigenvalue weighted by Gasteiger charge is -2.03. The summed E-state index contributed by atoms with van der Waals surface area (Å²) in [4.78, 5) is 0. The Morgan fingerprint density at radius 3 is 2.75 bits per heavy atom. The Morgan fingerprint density at radius 2 is 2.25 bits per heavy atom. The molecule has 1 aromatic carbocycles. The highest BCUT2D eigenvalue weighted by Gasteiger charge is 2.12. The van der Waals surface area contributed by atoms with Crippen LogP contribution in [-0.2, 0) is 0 Å². The minimum atomic E-state index is -0.503. The van der Waals surface area contributed by atoms with Crippen molar-refractivity contribution < 1.29 is 9.50 Å². The van der Waals surface area contributed by atoms with Crippen LogP contribution in [0.5, 0.6) is 5.75 Å². The molecule has 0 atom stereocenters. The van der Waals surface area contributed by atoms with Gasteiger partial charge in [0, 0.05) is 5.56 Å². The second-order valence-corrected chi connectivity index (χ2v) is 3.15. The Hall–Kier alpha value is -1.08. The van der Waals surface area contributed by atoms with E-state index in [-0.39, 0.29) is 21.3 Å². The van der Waals surface area contributed by atoms with E-state index in [1.165, 1.54) is 6.92 Å². The van der Waals surface area contributed by atoms with Crippen LogP contribution < -0.4 is 0 Å². The van der Waals surface area contributed by atoms with Gasteiger partial charge in [-0.15, -0.1) is 0 Å². The summed E-state index contributed by atoms with van der Waals surface area (Å²) in [6.07, 6.45) is 0. The summed E-state index contributed by atoms with van der Waals surface area (Å²) in [7, 11) is 0. The maximum atomic E-state index is 12.9. The average molecular weight is 230 g/mol. The Bertz CT molecular complexity index is 344. The predicted molar refractivity (Wildman–Crippen MR) is 45.2 cm³/mol. The van der Waals surface area contributed by atoms with Gasteiger partial charge in [0.25, 0.3) is 0 Å². The summed E-state index contributed by atoms with van der Waals surface area (Å²) in [5.41, 5.74) is 0.139. The van der Waals surface area contributed by atoms with Crippen LogP contribution in [0.2, 0.25) is 0 Å². The lowest BCUT2D eigenvalue weighted by Crippen LogP contribution is -1.89. The second kappa shape index (κ2) is 3.11. The van der Waals surface area contributed by atoms with E-state index in [2.05, 4.69) is 15.9 Å². The molecule has 0 aromatic heterocycles. The molecule has 0 bridgehead atoms. The standard InChI is InChI=1S/C8H5BrFNO/c1-4-5(3-11)8(12)6(9)2-7(4)10/h2,12H,1H3. The van der Waals surface area contributed by atoms with Gasteiger partial charge in [0.1, 0.15) is 23.2 Å². The summed E-state index contributed by atoms with van der Waals surface area (Å²) in [6.45, 7) is 1.44. The van der Waals surface area contributed by atoms with Crippen LogP contribution in [0.25, 0.3) is 0 Å². The van der Waals surface area contributed by atoms with Crippen molar-refractivity contribution in [2.24, 2.45) is 0 Å². The number of nitrogens with zero attached hydrogens (tertiary/aromatic N) is 1. The number of aromatic hydroxyl groups is 1. The van der Waals surface area contributed by atoms with E-state index in [0.29, 0.717) is 0 Å². The SMILES string of the molecule is Cc1c(F)cc(Br)c(O)c1C#N. The molecule has 0 saturated carbocycles. The summed E-state index contributed by atoms with van der Waals surface area (Å²) in [5, 5.41) is 17.8. The van der Waals surface area contributed by atoms with Crippen LogP contribution in [0.3, 0.4) is 0 Å². The molecule has 62 valence electrons. The Morgan fingerprint density at radius 1 is 1.67 bits per heavy atom. The molecule has 0 fully saturated rings. The molecule has 0 unspecified atom stereocenters. The molecule has 0 heterocycles. The monoisotopic (exact) mass is 229 g/mol. The van der Waals surface area contributed by atoms with E-state index in [9.17, 15) is 9.50 Å². The van der Waals surface area contributed by atoms with Crippen LogP contribution in [0.1, 0.15) is 11.1 Å². The van der Waals surface area contributed by atoms with Crippen molar-refractivity contribution >= 4 is 15.9 Å². The zero-order chi connectivity index (χ0) is 9.30. The molecule has 4 heteroatoms. The van der Waals surface area contributed by atoms with Gasteiger partial charge in [0.05, 0.1) is 4.47 Å². The number of phenolic OH excluding ortho intramolecular Hbond substituents is 1. The fourth-order valence-electron chi connectivity index (χ4n) is 0.841. The number of halogens is 2. The summed E-state index contributed by atoms with van der Waals surface area (Å²) in [6, 6.07) is 2.86. The molecule has 1 N–H and O–H groups in total. The van der Waals surface area contributed by atoms with Crippen molar-refractivity contribution in [2.75, 3.05) is 0 Å². The molecule has 0 radical (unpaired) electrons. The first-order chi connectivity index (χ1) is 5.57. The lowest BCUT2D eigenvalue weighted by molar-refractivity contribution is 0.466. The zero-order valence-electron chi connectivity index (χ0n) is 6.23. The van der Waals surface area contributed by atoms with E-state index in [4.69, 9.17) is 5.26 Å². The molecule has 2 nitrogen and oxygen atoms in total. The highest BCUT2D eigenvalue weighted by atomic mass is 79.9.